The fraction of sp³-hybridized carbons (Fsp3) is 0.375. The van der Waals surface area contributed by atoms with Crippen LogP contribution in [0.2, 0.25) is 10.0 Å². The summed E-state index contributed by atoms with van der Waals surface area (Å²) in [5.74, 6) is -2.80. The van der Waals surface area contributed by atoms with E-state index >= 15 is 0 Å². The van der Waals surface area contributed by atoms with Crippen LogP contribution in [-0.2, 0) is 15.4 Å². The smallest absolute Gasteiger partial charge is 0.416 e. The van der Waals surface area contributed by atoms with Crippen LogP contribution in [0.1, 0.15) is 83.1 Å². The zero-order chi connectivity index (χ0) is 38.7. The number of carbonyl (C=O) groups excluding carboxylic acids is 3. The van der Waals surface area contributed by atoms with Gasteiger partial charge in [-0.15, -0.1) is 0 Å². The van der Waals surface area contributed by atoms with Crippen LogP contribution in [0.5, 0.6) is 0 Å². The van der Waals surface area contributed by atoms with E-state index in [4.69, 9.17) is 32.7 Å². The van der Waals surface area contributed by atoms with Crippen LogP contribution in [0.3, 0.4) is 0 Å². The maximum Gasteiger partial charge on any atom is 0.416 e. The summed E-state index contributed by atoms with van der Waals surface area (Å²) in [6.45, 7) is 11.1. The first-order valence-corrected chi connectivity index (χ1v) is 18.0. The summed E-state index contributed by atoms with van der Waals surface area (Å²) in [5, 5.41) is 1.11. The number of Topliss-reactive ketones (excluding diaryl/α,β-unsaturated/α-hetero) is 1. The zero-order valence-corrected chi connectivity index (χ0v) is 32.0. The number of hydrogen-bond acceptors (Lipinski definition) is 7. The molecule has 0 aliphatic carbocycles. The van der Waals surface area contributed by atoms with Crippen molar-refractivity contribution >= 4 is 52.8 Å². The Labute approximate surface area is 318 Å². The number of ketones is 1. The summed E-state index contributed by atoms with van der Waals surface area (Å²) in [6, 6.07) is 20.6. The van der Waals surface area contributed by atoms with Crippen LogP contribution < -0.4 is 9.80 Å². The Bertz CT molecular complexity index is 2010. The standard InChI is InChI=1S/C20H21ClF2N2O2.C20H21ClN2O3/c1-19(2,3)27-18(26)25-11-5-10-20(22,23)15-8-9-16(24-17(15)25)13-6-4-7-14(21)12-13;1-20(2,3)26-19(25)23-11-5-8-17(24)15-9-10-16(22-18(15)23)13-6-4-7-14(21)12-13/h4,6-9,12H,5,10-11H2,1-3H3;4,6-7,9-10,12H,5,8,11H2,1-3H3. The van der Waals surface area contributed by atoms with Crippen LogP contribution in [0, 0.1) is 0 Å². The molecule has 9 nitrogen and oxygen atoms in total. The van der Waals surface area contributed by atoms with Gasteiger partial charge in [-0.3, -0.25) is 14.6 Å². The van der Waals surface area contributed by atoms with Crippen molar-refractivity contribution in [3.8, 4) is 22.5 Å². The summed E-state index contributed by atoms with van der Waals surface area (Å²) in [6.07, 6.45) is -0.431. The van der Waals surface area contributed by atoms with Crippen LogP contribution in [0.4, 0.5) is 30.0 Å². The summed E-state index contributed by atoms with van der Waals surface area (Å²) in [5.41, 5.74) is 1.42. The van der Waals surface area contributed by atoms with Crippen molar-refractivity contribution in [1.82, 2.24) is 9.97 Å². The largest absolute Gasteiger partial charge is 0.443 e. The molecule has 4 aromatic rings. The number of aromatic nitrogens is 2. The van der Waals surface area contributed by atoms with Crippen molar-refractivity contribution in [1.29, 1.82) is 0 Å². The Kier molecular flexibility index (Phi) is 11.8. The molecule has 2 amide bonds. The third kappa shape index (κ3) is 10.1. The number of rotatable bonds is 2. The predicted molar refractivity (Wildman–Crippen MR) is 203 cm³/mol. The topological polar surface area (TPSA) is 102 Å². The number of hydrogen-bond donors (Lipinski definition) is 0. The predicted octanol–water partition coefficient (Wildman–Crippen LogP) is 11.1. The van der Waals surface area contributed by atoms with Gasteiger partial charge in [-0.1, -0.05) is 47.5 Å². The molecule has 0 unspecified atom stereocenters. The maximum absolute atomic E-state index is 14.6. The molecule has 2 aliphatic rings. The molecule has 53 heavy (non-hydrogen) atoms. The normalized spacial score (nSPS) is 15.5. The third-order valence-electron chi connectivity index (χ3n) is 8.08. The minimum atomic E-state index is -3.06. The summed E-state index contributed by atoms with van der Waals surface area (Å²) < 4.78 is 40.1. The van der Waals surface area contributed by atoms with Crippen molar-refractivity contribution in [2.75, 3.05) is 22.9 Å². The Morgan fingerprint density at radius 2 is 1.21 bits per heavy atom. The molecular weight excluding hydrogens is 725 g/mol. The Hall–Kier alpha value is -4.61. The molecule has 0 fully saturated rings. The highest BCUT2D eigenvalue weighted by molar-refractivity contribution is 6.31. The number of anilines is 2. The fourth-order valence-corrected chi connectivity index (χ4v) is 6.14. The molecule has 280 valence electrons. The number of fused-ring (bicyclic) bond motifs is 2. The van der Waals surface area contributed by atoms with E-state index in [1.165, 1.54) is 21.9 Å². The highest BCUT2D eigenvalue weighted by atomic mass is 35.5. The average Bonchev–Trinajstić information content (AvgIpc) is 3.31. The van der Waals surface area contributed by atoms with Gasteiger partial charge in [-0.05, 0) is 103 Å². The molecule has 13 heteroatoms. The van der Waals surface area contributed by atoms with Crippen molar-refractivity contribution in [2.24, 2.45) is 0 Å². The minimum Gasteiger partial charge on any atom is -0.443 e. The molecule has 4 heterocycles. The van der Waals surface area contributed by atoms with E-state index in [2.05, 4.69) is 9.97 Å². The second-order valence-corrected chi connectivity index (χ2v) is 15.6. The summed E-state index contributed by atoms with van der Waals surface area (Å²) >= 11 is 12.1. The van der Waals surface area contributed by atoms with Crippen LogP contribution in [0.25, 0.3) is 22.5 Å². The zero-order valence-electron chi connectivity index (χ0n) is 30.5. The molecule has 0 atom stereocenters. The quantitative estimate of drug-likeness (QED) is 0.200. The molecule has 0 saturated heterocycles. The lowest BCUT2D eigenvalue weighted by Crippen LogP contribution is -2.38. The lowest BCUT2D eigenvalue weighted by molar-refractivity contribution is -0.0123. The summed E-state index contributed by atoms with van der Waals surface area (Å²) in [4.78, 5) is 49.4. The molecular formula is C40H42Cl2F2N4O5. The third-order valence-corrected chi connectivity index (χ3v) is 8.55. The highest BCUT2D eigenvalue weighted by Crippen LogP contribution is 2.42. The number of carbonyl (C=O) groups is 3. The molecule has 0 bridgehead atoms. The van der Waals surface area contributed by atoms with Gasteiger partial charge >= 0.3 is 12.2 Å². The first-order chi connectivity index (χ1) is 24.8. The number of ether oxygens (including phenoxy) is 2. The van der Waals surface area contributed by atoms with Gasteiger partial charge in [0.2, 0.25) is 0 Å². The van der Waals surface area contributed by atoms with Crippen molar-refractivity contribution in [3.05, 3.63) is 94.0 Å². The fourth-order valence-electron chi connectivity index (χ4n) is 5.76. The molecule has 0 spiro atoms. The van der Waals surface area contributed by atoms with E-state index in [-0.39, 0.29) is 36.6 Å². The Balaban J connectivity index is 0.000000204. The monoisotopic (exact) mass is 766 g/mol. The molecule has 0 saturated carbocycles. The van der Waals surface area contributed by atoms with E-state index in [0.717, 1.165) is 5.56 Å². The van der Waals surface area contributed by atoms with Crippen LogP contribution in [0.15, 0.2) is 72.8 Å². The van der Waals surface area contributed by atoms with E-state index in [9.17, 15) is 23.2 Å². The van der Waals surface area contributed by atoms with Gasteiger partial charge < -0.3 is 9.47 Å². The Morgan fingerprint density at radius 1 is 0.717 bits per heavy atom. The first-order valence-electron chi connectivity index (χ1n) is 17.3. The molecule has 2 aliphatic heterocycles. The second-order valence-electron chi connectivity index (χ2n) is 14.8. The second kappa shape index (κ2) is 15.8. The number of pyridine rings is 2. The van der Waals surface area contributed by atoms with Crippen LogP contribution >= 0.6 is 23.2 Å². The molecule has 2 aromatic carbocycles. The van der Waals surface area contributed by atoms with Gasteiger partial charge in [-0.25, -0.2) is 28.3 Å². The van der Waals surface area contributed by atoms with Crippen molar-refractivity contribution in [2.45, 2.75) is 84.4 Å². The molecule has 0 radical (unpaired) electrons. The maximum atomic E-state index is 14.6. The molecule has 6 rings (SSSR count). The van der Waals surface area contributed by atoms with Gasteiger partial charge in [0.15, 0.2) is 5.78 Å². The highest BCUT2D eigenvalue weighted by Gasteiger charge is 2.41. The molecule has 2 aromatic heterocycles. The van der Waals surface area contributed by atoms with Gasteiger partial charge in [0.1, 0.15) is 22.8 Å². The van der Waals surface area contributed by atoms with Crippen LogP contribution in [-0.4, -0.2) is 52.2 Å². The number of nitrogens with zero attached hydrogens (tertiary/aromatic N) is 4. The van der Waals surface area contributed by atoms with Gasteiger partial charge in [0.25, 0.3) is 5.92 Å². The van der Waals surface area contributed by atoms with E-state index < -0.39 is 29.3 Å². The Morgan fingerprint density at radius 3 is 1.74 bits per heavy atom. The van der Waals surface area contributed by atoms with E-state index in [1.807, 2.05) is 32.9 Å². The van der Waals surface area contributed by atoms with Crippen molar-refractivity contribution < 1.29 is 32.6 Å². The van der Waals surface area contributed by atoms with E-state index in [0.29, 0.717) is 57.8 Å². The number of amides is 2. The lowest BCUT2D eigenvalue weighted by Gasteiger charge is -2.27. The average molecular weight is 768 g/mol. The van der Waals surface area contributed by atoms with Gasteiger partial charge in [0.05, 0.1) is 22.5 Å². The minimum absolute atomic E-state index is 0.0174. The van der Waals surface area contributed by atoms with E-state index in [1.54, 1.807) is 69.3 Å². The number of halogens is 4. The van der Waals surface area contributed by atoms with Crippen molar-refractivity contribution in [3.63, 3.8) is 0 Å². The number of alkyl halides is 2. The summed E-state index contributed by atoms with van der Waals surface area (Å²) in [7, 11) is 0. The number of benzene rings is 2. The lowest BCUT2D eigenvalue weighted by atomic mass is 10.0. The molecule has 0 N–H and O–H groups in total. The van der Waals surface area contributed by atoms with Gasteiger partial charge in [-0.2, -0.15) is 0 Å². The first kappa shape index (κ1) is 39.6. The van der Waals surface area contributed by atoms with Gasteiger partial charge in [0, 0.05) is 47.1 Å². The SMILES string of the molecule is CC(C)(C)OC(=O)N1CCCC(=O)c2ccc(-c3cccc(Cl)c3)nc21.CC(C)(C)OC(=O)N1CCCC(F)(F)c2ccc(-c3cccc(Cl)c3)nc21.